The lowest BCUT2D eigenvalue weighted by Gasteiger charge is -2.27. The number of halogens is 1. The van der Waals surface area contributed by atoms with E-state index in [2.05, 4.69) is 19.9 Å². The molecule has 0 spiro atoms. The molecule has 1 aliphatic rings. The second-order valence-electron chi connectivity index (χ2n) is 6.46. The van der Waals surface area contributed by atoms with Gasteiger partial charge in [0.1, 0.15) is 17.7 Å². The molecule has 2 aromatic heterocycles. The number of nitrogens with zero attached hydrogens (tertiary/aromatic N) is 4. The van der Waals surface area contributed by atoms with Gasteiger partial charge in [-0.15, -0.1) is 0 Å². The Hall–Kier alpha value is -3.37. The Kier molecular flexibility index (Phi) is 4.48. The monoisotopic (exact) mass is 361 g/mol. The van der Waals surface area contributed by atoms with Crippen LogP contribution in [0.5, 0.6) is 0 Å². The van der Waals surface area contributed by atoms with Gasteiger partial charge in [-0.05, 0) is 29.8 Å². The maximum absolute atomic E-state index is 13.8. The summed E-state index contributed by atoms with van der Waals surface area (Å²) in [6.45, 7) is 1.68. The van der Waals surface area contributed by atoms with Crippen molar-refractivity contribution in [3.63, 3.8) is 0 Å². The number of hydrogen-bond acceptors (Lipinski definition) is 5. The van der Waals surface area contributed by atoms with Crippen LogP contribution in [0, 0.1) is 17.1 Å². The zero-order valence-electron chi connectivity index (χ0n) is 14.4. The maximum Gasteiger partial charge on any atom is 0.255 e. The standard InChI is InChI=1S/C20H16FN5O/c21-17-9-13(1-2-15(17)10-22)11-26-8-5-18-16(12-26)20(27)25-19(24-18)14-3-6-23-7-4-14/h1-4,6-7,9H,5,8,11-12H2,(H,24,25,27). The van der Waals surface area contributed by atoms with Crippen LogP contribution in [0.2, 0.25) is 0 Å². The summed E-state index contributed by atoms with van der Waals surface area (Å²) in [5, 5.41) is 8.83. The topological polar surface area (TPSA) is 85.7 Å². The zero-order valence-corrected chi connectivity index (χ0v) is 14.4. The number of rotatable bonds is 3. The number of hydrogen-bond donors (Lipinski definition) is 1. The molecule has 0 atom stereocenters. The number of benzene rings is 1. The molecule has 27 heavy (non-hydrogen) atoms. The largest absolute Gasteiger partial charge is 0.306 e. The van der Waals surface area contributed by atoms with Crippen LogP contribution >= 0.6 is 0 Å². The molecule has 1 aromatic carbocycles. The van der Waals surface area contributed by atoms with Crippen molar-refractivity contribution in [3.05, 3.63) is 81.3 Å². The third kappa shape index (κ3) is 3.48. The smallest absolute Gasteiger partial charge is 0.255 e. The molecule has 3 aromatic rings. The normalized spacial score (nSPS) is 13.8. The first-order chi connectivity index (χ1) is 13.1. The van der Waals surface area contributed by atoms with Crippen LogP contribution in [0.1, 0.15) is 22.4 Å². The second-order valence-corrected chi connectivity index (χ2v) is 6.46. The Morgan fingerprint density at radius 1 is 1.26 bits per heavy atom. The molecule has 0 unspecified atom stereocenters. The summed E-state index contributed by atoms with van der Waals surface area (Å²) >= 11 is 0. The third-order valence-electron chi connectivity index (χ3n) is 4.66. The van der Waals surface area contributed by atoms with E-state index in [1.54, 1.807) is 30.6 Å². The van der Waals surface area contributed by atoms with E-state index in [1.165, 1.54) is 12.1 Å². The van der Waals surface area contributed by atoms with Crippen LogP contribution in [-0.4, -0.2) is 26.4 Å². The van der Waals surface area contributed by atoms with Crippen molar-refractivity contribution in [2.75, 3.05) is 6.54 Å². The summed E-state index contributed by atoms with van der Waals surface area (Å²) in [7, 11) is 0. The number of pyridine rings is 1. The van der Waals surface area contributed by atoms with E-state index < -0.39 is 5.82 Å². The number of aromatic nitrogens is 3. The highest BCUT2D eigenvalue weighted by atomic mass is 19.1. The first-order valence-electron chi connectivity index (χ1n) is 8.57. The van der Waals surface area contributed by atoms with Crippen molar-refractivity contribution < 1.29 is 4.39 Å². The van der Waals surface area contributed by atoms with Crippen LogP contribution in [0.25, 0.3) is 11.4 Å². The van der Waals surface area contributed by atoms with E-state index in [1.807, 2.05) is 6.07 Å². The summed E-state index contributed by atoms with van der Waals surface area (Å²) in [5.74, 6) is 0.0256. The first kappa shape index (κ1) is 17.1. The van der Waals surface area contributed by atoms with Crippen molar-refractivity contribution in [1.29, 1.82) is 5.26 Å². The summed E-state index contributed by atoms with van der Waals surface area (Å²) in [4.78, 5) is 26.1. The lowest BCUT2D eigenvalue weighted by Crippen LogP contribution is -2.35. The van der Waals surface area contributed by atoms with Crippen molar-refractivity contribution in [2.45, 2.75) is 19.5 Å². The maximum atomic E-state index is 13.8. The minimum atomic E-state index is -0.520. The predicted octanol–water partition coefficient (Wildman–Crippen LogP) is 2.40. The number of H-pyrrole nitrogens is 1. The van der Waals surface area contributed by atoms with Crippen molar-refractivity contribution in [2.24, 2.45) is 0 Å². The molecule has 0 saturated heterocycles. The van der Waals surface area contributed by atoms with Gasteiger partial charge in [0.15, 0.2) is 0 Å². The Labute approximate surface area is 155 Å². The fraction of sp³-hybridized carbons (Fsp3) is 0.200. The molecular weight excluding hydrogens is 345 g/mol. The molecular formula is C20H16FN5O. The van der Waals surface area contributed by atoms with Crippen LogP contribution < -0.4 is 5.56 Å². The van der Waals surface area contributed by atoms with Gasteiger partial charge in [0, 0.05) is 44.0 Å². The summed E-state index contributed by atoms with van der Waals surface area (Å²) < 4.78 is 13.8. The number of fused-ring (bicyclic) bond motifs is 1. The molecule has 0 radical (unpaired) electrons. The molecule has 0 fully saturated rings. The van der Waals surface area contributed by atoms with Gasteiger partial charge in [-0.3, -0.25) is 14.7 Å². The van der Waals surface area contributed by atoms with Crippen LogP contribution in [0.3, 0.4) is 0 Å². The molecule has 0 saturated carbocycles. The average molecular weight is 361 g/mol. The molecule has 4 rings (SSSR count). The van der Waals surface area contributed by atoms with E-state index in [0.29, 0.717) is 30.9 Å². The van der Waals surface area contributed by atoms with Crippen LogP contribution in [0.15, 0.2) is 47.5 Å². The SMILES string of the molecule is N#Cc1ccc(CN2CCc3nc(-c4ccncc4)[nH]c(=O)c3C2)cc1F. The van der Waals surface area contributed by atoms with Gasteiger partial charge >= 0.3 is 0 Å². The molecule has 134 valence electrons. The van der Waals surface area contributed by atoms with Gasteiger partial charge in [-0.1, -0.05) is 6.07 Å². The lowest BCUT2D eigenvalue weighted by molar-refractivity contribution is 0.241. The highest BCUT2D eigenvalue weighted by molar-refractivity contribution is 5.54. The summed E-state index contributed by atoms with van der Waals surface area (Å²) in [6, 6.07) is 10.0. The highest BCUT2D eigenvalue weighted by Gasteiger charge is 2.21. The van der Waals surface area contributed by atoms with Crippen LogP contribution in [0.4, 0.5) is 4.39 Å². The fourth-order valence-corrected chi connectivity index (χ4v) is 3.27. The van der Waals surface area contributed by atoms with Crippen molar-refractivity contribution in [3.8, 4) is 17.5 Å². The average Bonchev–Trinajstić information content (AvgIpc) is 2.69. The quantitative estimate of drug-likeness (QED) is 0.774. The molecule has 1 aliphatic heterocycles. The van der Waals surface area contributed by atoms with Gasteiger partial charge in [-0.2, -0.15) is 5.26 Å². The van der Waals surface area contributed by atoms with E-state index in [0.717, 1.165) is 23.4 Å². The second kappa shape index (κ2) is 7.09. The molecule has 0 bridgehead atoms. The number of aromatic amines is 1. The van der Waals surface area contributed by atoms with E-state index >= 15 is 0 Å². The first-order valence-corrected chi connectivity index (χ1v) is 8.57. The van der Waals surface area contributed by atoms with Gasteiger partial charge in [0.25, 0.3) is 5.56 Å². The summed E-state index contributed by atoms with van der Waals surface area (Å²) in [5.41, 5.74) is 2.92. The lowest BCUT2D eigenvalue weighted by atomic mass is 10.0. The Bertz CT molecular complexity index is 1090. The predicted molar refractivity (Wildman–Crippen MR) is 97.0 cm³/mol. The molecule has 0 aliphatic carbocycles. The molecule has 7 heteroatoms. The van der Waals surface area contributed by atoms with Gasteiger partial charge in [-0.25, -0.2) is 9.37 Å². The molecule has 6 nitrogen and oxygen atoms in total. The third-order valence-corrected chi connectivity index (χ3v) is 4.66. The minimum Gasteiger partial charge on any atom is -0.306 e. The van der Waals surface area contributed by atoms with E-state index in [-0.39, 0.29) is 11.1 Å². The van der Waals surface area contributed by atoms with Gasteiger partial charge in [0.05, 0.1) is 16.8 Å². The van der Waals surface area contributed by atoms with Gasteiger partial charge in [0.2, 0.25) is 0 Å². The minimum absolute atomic E-state index is 0.0343. The van der Waals surface area contributed by atoms with Crippen LogP contribution in [-0.2, 0) is 19.5 Å². The Morgan fingerprint density at radius 3 is 2.81 bits per heavy atom. The van der Waals surface area contributed by atoms with Crippen molar-refractivity contribution >= 4 is 0 Å². The number of nitrogens with one attached hydrogen (secondary N) is 1. The van der Waals surface area contributed by atoms with Gasteiger partial charge < -0.3 is 4.98 Å². The molecule has 1 N–H and O–H groups in total. The fourth-order valence-electron chi connectivity index (χ4n) is 3.27. The Morgan fingerprint density at radius 2 is 2.07 bits per heavy atom. The van der Waals surface area contributed by atoms with E-state index in [4.69, 9.17) is 5.26 Å². The molecule has 0 amide bonds. The molecule has 3 heterocycles. The summed E-state index contributed by atoms with van der Waals surface area (Å²) in [6.07, 6.45) is 3.97. The highest BCUT2D eigenvalue weighted by Crippen LogP contribution is 2.20. The number of nitriles is 1. The Balaban J connectivity index is 1.56. The van der Waals surface area contributed by atoms with E-state index in [9.17, 15) is 9.18 Å². The zero-order chi connectivity index (χ0) is 18.8. The van der Waals surface area contributed by atoms with Crippen molar-refractivity contribution in [1.82, 2.24) is 19.9 Å².